The van der Waals surface area contributed by atoms with Gasteiger partial charge in [0, 0.05) is 18.6 Å². The molecule has 2 saturated carbocycles. The number of likely N-dealkylation sites (N-methyl/N-ethyl adjacent to an activating group) is 1. The molecule has 2 nitrogen and oxygen atoms in total. The molecule has 2 N–H and O–H groups in total. The Balaban J connectivity index is 1.76. The van der Waals surface area contributed by atoms with Crippen molar-refractivity contribution in [3.63, 3.8) is 0 Å². The van der Waals surface area contributed by atoms with Gasteiger partial charge in [0.2, 0.25) is 0 Å². The summed E-state index contributed by atoms with van der Waals surface area (Å²) in [5.74, 6) is 1.72. The van der Waals surface area contributed by atoms with E-state index in [2.05, 4.69) is 18.9 Å². The summed E-state index contributed by atoms with van der Waals surface area (Å²) in [4.78, 5) is 2.55. The summed E-state index contributed by atoms with van der Waals surface area (Å²) in [6.45, 7) is 3.51. The quantitative estimate of drug-likeness (QED) is 0.816. The summed E-state index contributed by atoms with van der Waals surface area (Å²) in [6, 6.07) is 1.21. The van der Waals surface area contributed by atoms with E-state index in [1.54, 1.807) is 0 Å². The van der Waals surface area contributed by atoms with Crippen molar-refractivity contribution in [3.8, 4) is 0 Å². The summed E-state index contributed by atoms with van der Waals surface area (Å²) in [5, 5.41) is 0. The summed E-state index contributed by atoms with van der Waals surface area (Å²) in [6.07, 6.45) is 11.2. The second-order valence-corrected chi connectivity index (χ2v) is 6.57. The van der Waals surface area contributed by atoms with E-state index < -0.39 is 0 Å². The average molecular weight is 238 g/mol. The van der Waals surface area contributed by atoms with Gasteiger partial charge in [0.15, 0.2) is 0 Å². The maximum Gasteiger partial charge on any atom is 0.0196 e. The van der Waals surface area contributed by atoms with Gasteiger partial charge in [-0.25, -0.2) is 0 Å². The molecule has 100 valence electrons. The van der Waals surface area contributed by atoms with Crippen molar-refractivity contribution in [2.75, 3.05) is 13.6 Å². The number of hydrogen-bond donors (Lipinski definition) is 1. The lowest BCUT2D eigenvalue weighted by Crippen LogP contribution is -2.45. The smallest absolute Gasteiger partial charge is 0.0196 e. The predicted octanol–water partition coefficient (Wildman–Crippen LogP) is 3.01. The number of nitrogens with zero attached hydrogens (tertiary/aromatic N) is 1. The maximum absolute atomic E-state index is 6.38. The molecule has 0 heterocycles. The molecule has 0 saturated heterocycles. The molecule has 2 aliphatic carbocycles. The maximum atomic E-state index is 6.38. The fourth-order valence-corrected chi connectivity index (χ4v) is 3.82. The highest BCUT2D eigenvalue weighted by molar-refractivity contribution is 4.83. The van der Waals surface area contributed by atoms with Crippen LogP contribution in [-0.2, 0) is 0 Å². The molecule has 0 aliphatic heterocycles. The molecule has 3 unspecified atom stereocenters. The Kier molecular flexibility index (Phi) is 4.87. The van der Waals surface area contributed by atoms with Gasteiger partial charge in [0.25, 0.3) is 0 Å². The first-order valence-electron chi connectivity index (χ1n) is 7.62. The third kappa shape index (κ3) is 3.69. The summed E-state index contributed by atoms with van der Waals surface area (Å²) in [7, 11) is 2.29. The highest BCUT2D eigenvalue weighted by Gasteiger charge is 2.27. The van der Waals surface area contributed by atoms with Crippen LogP contribution in [0, 0.1) is 11.8 Å². The van der Waals surface area contributed by atoms with Crippen molar-refractivity contribution in [2.24, 2.45) is 17.6 Å². The molecule has 0 amide bonds. The Morgan fingerprint density at radius 1 is 1.12 bits per heavy atom. The van der Waals surface area contributed by atoms with Crippen LogP contribution in [-0.4, -0.2) is 30.6 Å². The minimum Gasteiger partial charge on any atom is -0.326 e. The summed E-state index contributed by atoms with van der Waals surface area (Å²) >= 11 is 0. The van der Waals surface area contributed by atoms with Crippen molar-refractivity contribution in [1.82, 2.24) is 4.90 Å². The van der Waals surface area contributed by atoms with Gasteiger partial charge in [-0.2, -0.15) is 0 Å². The molecule has 2 aliphatic rings. The standard InChI is InChI=1S/C15H30N2/c1-12-6-5-9-14(10-12)17(2)11-15(16)13-7-3-4-8-13/h12-15H,3-11,16H2,1-2H3. The van der Waals surface area contributed by atoms with Crippen LogP contribution in [0.3, 0.4) is 0 Å². The molecule has 3 atom stereocenters. The molecule has 2 rings (SSSR count). The van der Waals surface area contributed by atoms with E-state index in [9.17, 15) is 0 Å². The molecule has 0 radical (unpaired) electrons. The Morgan fingerprint density at radius 3 is 2.47 bits per heavy atom. The fourth-order valence-electron chi connectivity index (χ4n) is 3.82. The van der Waals surface area contributed by atoms with Gasteiger partial charge in [-0.1, -0.05) is 32.6 Å². The van der Waals surface area contributed by atoms with Crippen LogP contribution in [0.2, 0.25) is 0 Å². The van der Waals surface area contributed by atoms with Crippen LogP contribution >= 0.6 is 0 Å². The third-order valence-electron chi connectivity index (χ3n) is 5.04. The lowest BCUT2D eigenvalue weighted by Gasteiger charge is -2.36. The molecule has 0 aromatic rings. The van der Waals surface area contributed by atoms with Crippen LogP contribution in [0.15, 0.2) is 0 Å². The summed E-state index contributed by atoms with van der Waals surface area (Å²) in [5.41, 5.74) is 6.38. The highest BCUT2D eigenvalue weighted by Crippen LogP contribution is 2.29. The minimum atomic E-state index is 0.416. The lowest BCUT2D eigenvalue weighted by molar-refractivity contribution is 0.146. The Morgan fingerprint density at radius 2 is 1.82 bits per heavy atom. The second-order valence-electron chi connectivity index (χ2n) is 6.57. The summed E-state index contributed by atoms with van der Waals surface area (Å²) < 4.78 is 0. The topological polar surface area (TPSA) is 29.3 Å². The van der Waals surface area contributed by atoms with Gasteiger partial charge >= 0.3 is 0 Å². The van der Waals surface area contributed by atoms with Crippen LogP contribution in [0.5, 0.6) is 0 Å². The molecular formula is C15H30N2. The van der Waals surface area contributed by atoms with Gasteiger partial charge in [0.1, 0.15) is 0 Å². The van der Waals surface area contributed by atoms with E-state index in [1.165, 1.54) is 51.4 Å². The van der Waals surface area contributed by atoms with Crippen molar-refractivity contribution >= 4 is 0 Å². The Hall–Kier alpha value is -0.0800. The zero-order chi connectivity index (χ0) is 12.3. The van der Waals surface area contributed by atoms with Gasteiger partial charge in [-0.05, 0) is 44.6 Å². The highest BCUT2D eigenvalue weighted by atomic mass is 15.1. The Bertz CT molecular complexity index is 223. The van der Waals surface area contributed by atoms with Crippen LogP contribution < -0.4 is 5.73 Å². The zero-order valence-corrected chi connectivity index (χ0v) is 11.7. The van der Waals surface area contributed by atoms with Crippen LogP contribution in [0.4, 0.5) is 0 Å². The van der Waals surface area contributed by atoms with E-state index in [-0.39, 0.29) is 0 Å². The average Bonchev–Trinajstić information content (AvgIpc) is 2.82. The molecule has 0 aromatic heterocycles. The molecule has 0 spiro atoms. The first-order valence-corrected chi connectivity index (χ1v) is 7.62. The first-order chi connectivity index (χ1) is 8.16. The molecule has 2 heteroatoms. The predicted molar refractivity (Wildman–Crippen MR) is 74.0 cm³/mol. The van der Waals surface area contributed by atoms with E-state index >= 15 is 0 Å². The number of hydrogen-bond acceptors (Lipinski definition) is 2. The molecule has 17 heavy (non-hydrogen) atoms. The van der Waals surface area contributed by atoms with E-state index in [0.717, 1.165) is 24.4 Å². The van der Waals surface area contributed by atoms with E-state index in [0.29, 0.717) is 6.04 Å². The fraction of sp³-hybridized carbons (Fsp3) is 1.00. The normalized spacial score (nSPS) is 33.2. The molecule has 2 fully saturated rings. The SMILES string of the molecule is CC1CCCC(N(C)CC(N)C2CCCC2)C1. The Labute approximate surface area is 107 Å². The van der Waals surface area contributed by atoms with Crippen molar-refractivity contribution in [2.45, 2.75) is 70.4 Å². The molecular weight excluding hydrogens is 208 g/mol. The third-order valence-corrected chi connectivity index (χ3v) is 5.04. The minimum absolute atomic E-state index is 0.416. The molecule has 0 bridgehead atoms. The van der Waals surface area contributed by atoms with E-state index in [4.69, 9.17) is 5.73 Å². The van der Waals surface area contributed by atoms with Crippen molar-refractivity contribution < 1.29 is 0 Å². The van der Waals surface area contributed by atoms with Gasteiger partial charge in [0.05, 0.1) is 0 Å². The largest absolute Gasteiger partial charge is 0.326 e. The second kappa shape index (κ2) is 6.19. The van der Waals surface area contributed by atoms with Crippen LogP contribution in [0.1, 0.15) is 58.3 Å². The van der Waals surface area contributed by atoms with Gasteiger partial charge in [-0.15, -0.1) is 0 Å². The number of nitrogens with two attached hydrogens (primary N) is 1. The number of rotatable bonds is 4. The monoisotopic (exact) mass is 238 g/mol. The van der Waals surface area contributed by atoms with Crippen LogP contribution in [0.25, 0.3) is 0 Å². The molecule has 0 aromatic carbocycles. The van der Waals surface area contributed by atoms with Crippen molar-refractivity contribution in [3.05, 3.63) is 0 Å². The first kappa shape index (κ1) is 13.4. The van der Waals surface area contributed by atoms with Gasteiger partial charge in [-0.3, -0.25) is 0 Å². The lowest BCUT2D eigenvalue weighted by atomic mass is 9.86. The zero-order valence-electron chi connectivity index (χ0n) is 11.7. The van der Waals surface area contributed by atoms with Gasteiger partial charge < -0.3 is 10.6 Å². The van der Waals surface area contributed by atoms with E-state index in [1.807, 2.05) is 0 Å². The van der Waals surface area contributed by atoms with Crippen molar-refractivity contribution in [1.29, 1.82) is 0 Å².